The molecule has 0 bridgehead atoms. The number of carbonyl (C=O) groups excluding carboxylic acids is 1. The van der Waals surface area contributed by atoms with Gasteiger partial charge in [0, 0.05) is 38.1 Å². The molecule has 1 amide bonds. The van der Waals surface area contributed by atoms with Gasteiger partial charge in [-0.05, 0) is 50.4 Å². The lowest BCUT2D eigenvalue weighted by atomic mass is 9.87. The van der Waals surface area contributed by atoms with Crippen LogP contribution in [0.3, 0.4) is 0 Å². The Balaban J connectivity index is 1.87. The fraction of sp³-hybridized carbons (Fsp3) is 0.955. The van der Waals surface area contributed by atoms with Crippen molar-refractivity contribution in [2.45, 2.75) is 91.5 Å². The van der Waals surface area contributed by atoms with Crippen LogP contribution >= 0.6 is 0 Å². The Kier molecular flexibility index (Phi) is 9.89. The third kappa shape index (κ3) is 8.18. The lowest BCUT2D eigenvalue weighted by Crippen LogP contribution is -2.51. The third-order valence-corrected chi connectivity index (χ3v) is 8.00. The summed E-state index contributed by atoms with van der Waals surface area (Å²) in [7, 11) is -3.49. The fourth-order valence-electron chi connectivity index (χ4n) is 4.27. The van der Waals surface area contributed by atoms with Crippen LogP contribution in [0.5, 0.6) is 0 Å². The number of piperidine rings is 1. The standard InChI is InChI=1S/C22H43N3O3S/c1-18(2)10-16-25(17-11-19(3)4)29(27,28)23-21-12-14-24(15-13-21)22(26)20-8-6-5-7-9-20/h18-21,23H,5-17H2,1-4H3. The van der Waals surface area contributed by atoms with Crippen molar-refractivity contribution in [3.05, 3.63) is 0 Å². The summed E-state index contributed by atoms with van der Waals surface area (Å²) < 4.78 is 30.6. The van der Waals surface area contributed by atoms with Gasteiger partial charge in [-0.1, -0.05) is 47.0 Å². The second-order valence-electron chi connectivity index (χ2n) is 9.82. The molecule has 6 nitrogen and oxygen atoms in total. The van der Waals surface area contributed by atoms with E-state index in [0.717, 1.165) is 38.5 Å². The maximum absolute atomic E-state index is 13.0. The quantitative estimate of drug-likeness (QED) is 0.574. The smallest absolute Gasteiger partial charge is 0.279 e. The second kappa shape index (κ2) is 11.7. The van der Waals surface area contributed by atoms with E-state index in [0.29, 0.717) is 56.8 Å². The second-order valence-corrected chi connectivity index (χ2v) is 11.5. The SMILES string of the molecule is CC(C)CCN(CCC(C)C)S(=O)(=O)NC1CCN(C(=O)C2CCCCC2)CC1. The van der Waals surface area contributed by atoms with Crippen LogP contribution < -0.4 is 4.72 Å². The molecule has 0 aromatic carbocycles. The molecule has 2 rings (SSSR count). The van der Waals surface area contributed by atoms with Crippen LogP contribution in [0.2, 0.25) is 0 Å². The zero-order valence-corrected chi connectivity index (χ0v) is 19.8. The van der Waals surface area contributed by atoms with Crippen LogP contribution in [-0.4, -0.2) is 55.8 Å². The van der Waals surface area contributed by atoms with Gasteiger partial charge in [-0.15, -0.1) is 0 Å². The Hall–Kier alpha value is -0.660. The zero-order valence-electron chi connectivity index (χ0n) is 19.0. The normalized spacial score (nSPS) is 20.2. The van der Waals surface area contributed by atoms with Crippen LogP contribution in [0.1, 0.15) is 85.5 Å². The Morgan fingerprint density at radius 3 is 1.93 bits per heavy atom. The maximum Gasteiger partial charge on any atom is 0.279 e. The van der Waals surface area contributed by atoms with E-state index >= 15 is 0 Å². The molecule has 0 radical (unpaired) electrons. The molecule has 1 aliphatic heterocycles. The topological polar surface area (TPSA) is 69.7 Å². The van der Waals surface area contributed by atoms with E-state index in [1.54, 1.807) is 4.31 Å². The lowest BCUT2D eigenvalue weighted by molar-refractivity contribution is -0.137. The van der Waals surface area contributed by atoms with E-state index < -0.39 is 10.2 Å². The number of rotatable bonds is 10. The molecule has 0 aromatic heterocycles. The summed E-state index contributed by atoms with van der Waals surface area (Å²) >= 11 is 0. The molecule has 1 saturated carbocycles. The number of nitrogens with zero attached hydrogens (tertiary/aromatic N) is 2. The summed E-state index contributed by atoms with van der Waals surface area (Å²) in [5, 5.41) is 0. The molecule has 7 heteroatoms. The Bertz CT molecular complexity index is 580. The fourth-order valence-corrected chi connectivity index (χ4v) is 5.76. The minimum atomic E-state index is -3.49. The molecular formula is C22H43N3O3S. The van der Waals surface area contributed by atoms with Crippen LogP contribution in [0, 0.1) is 17.8 Å². The van der Waals surface area contributed by atoms with Gasteiger partial charge in [-0.3, -0.25) is 4.79 Å². The molecular weight excluding hydrogens is 386 g/mol. The average molecular weight is 430 g/mol. The minimum Gasteiger partial charge on any atom is -0.342 e. The first-order chi connectivity index (χ1) is 13.7. The first-order valence-corrected chi connectivity index (χ1v) is 13.2. The van der Waals surface area contributed by atoms with Crippen molar-refractivity contribution in [1.82, 2.24) is 13.9 Å². The molecule has 2 fully saturated rings. The van der Waals surface area contributed by atoms with Gasteiger partial charge < -0.3 is 4.90 Å². The van der Waals surface area contributed by atoms with E-state index in [1.807, 2.05) is 4.90 Å². The highest BCUT2D eigenvalue weighted by molar-refractivity contribution is 7.87. The van der Waals surface area contributed by atoms with Gasteiger partial charge in [0.1, 0.15) is 0 Å². The molecule has 29 heavy (non-hydrogen) atoms. The molecule has 2 aliphatic rings. The van der Waals surface area contributed by atoms with Gasteiger partial charge in [-0.25, -0.2) is 0 Å². The Morgan fingerprint density at radius 1 is 0.931 bits per heavy atom. The van der Waals surface area contributed by atoms with Crippen molar-refractivity contribution in [2.24, 2.45) is 17.8 Å². The van der Waals surface area contributed by atoms with Gasteiger partial charge in [0.05, 0.1) is 0 Å². The third-order valence-electron chi connectivity index (χ3n) is 6.33. The number of nitrogens with one attached hydrogen (secondary N) is 1. The van der Waals surface area contributed by atoms with Gasteiger partial charge >= 0.3 is 0 Å². The summed E-state index contributed by atoms with van der Waals surface area (Å²) in [6, 6.07) is -0.0731. The summed E-state index contributed by atoms with van der Waals surface area (Å²) in [6.07, 6.45) is 8.76. The molecule has 0 unspecified atom stereocenters. The summed E-state index contributed by atoms with van der Waals surface area (Å²) in [5.74, 6) is 1.43. The summed E-state index contributed by atoms with van der Waals surface area (Å²) in [5.41, 5.74) is 0. The molecule has 170 valence electrons. The van der Waals surface area contributed by atoms with Gasteiger partial charge in [0.15, 0.2) is 0 Å². The van der Waals surface area contributed by atoms with Gasteiger partial charge in [0.25, 0.3) is 10.2 Å². The van der Waals surface area contributed by atoms with E-state index in [9.17, 15) is 13.2 Å². The van der Waals surface area contributed by atoms with Gasteiger partial charge in [-0.2, -0.15) is 17.4 Å². The summed E-state index contributed by atoms with van der Waals surface area (Å²) in [6.45, 7) is 11.0. The molecule has 1 heterocycles. The largest absolute Gasteiger partial charge is 0.342 e. The first kappa shape index (κ1) is 24.6. The molecule has 1 N–H and O–H groups in total. The van der Waals surface area contributed by atoms with Crippen molar-refractivity contribution in [3.63, 3.8) is 0 Å². The Morgan fingerprint density at radius 2 is 1.45 bits per heavy atom. The zero-order chi connectivity index (χ0) is 21.4. The van der Waals surface area contributed by atoms with Crippen molar-refractivity contribution in [3.8, 4) is 0 Å². The van der Waals surface area contributed by atoms with E-state index in [4.69, 9.17) is 0 Å². The predicted molar refractivity (Wildman–Crippen MR) is 119 cm³/mol. The lowest BCUT2D eigenvalue weighted by Gasteiger charge is -2.36. The van der Waals surface area contributed by atoms with E-state index in [-0.39, 0.29) is 12.0 Å². The average Bonchev–Trinajstić information content (AvgIpc) is 2.67. The number of hydrogen-bond acceptors (Lipinski definition) is 3. The molecule has 1 saturated heterocycles. The molecule has 0 spiro atoms. The van der Waals surface area contributed by atoms with Crippen LogP contribution in [0.15, 0.2) is 0 Å². The predicted octanol–water partition coefficient (Wildman–Crippen LogP) is 3.79. The van der Waals surface area contributed by atoms with Crippen molar-refractivity contribution < 1.29 is 13.2 Å². The maximum atomic E-state index is 13.0. The van der Waals surface area contributed by atoms with Crippen LogP contribution in [-0.2, 0) is 15.0 Å². The van der Waals surface area contributed by atoms with Crippen molar-refractivity contribution in [1.29, 1.82) is 0 Å². The monoisotopic (exact) mass is 429 g/mol. The van der Waals surface area contributed by atoms with E-state index in [2.05, 4.69) is 32.4 Å². The number of hydrogen-bond donors (Lipinski definition) is 1. The number of likely N-dealkylation sites (tertiary alicyclic amines) is 1. The van der Waals surface area contributed by atoms with Gasteiger partial charge in [0.2, 0.25) is 5.91 Å². The van der Waals surface area contributed by atoms with Crippen LogP contribution in [0.25, 0.3) is 0 Å². The summed E-state index contributed by atoms with van der Waals surface area (Å²) in [4.78, 5) is 14.7. The van der Waals surface area contributed by atoms with Crippen LogP contribution in [0.4, 0.5) is 0 Å². The van der Waals surface area contributed by atoms with E-state index in [1.165, 1.54) is 6.42 Å². The first-order valence-electron chi connectivity index (χ1n) is 11.7. The van der Waals surface area contributed by atoms with Crippen molar-refractivity contribution >= 4 is 16.1 Å². The number of carbonyl (C=O) groups is 1. The highest BCUT2D eigenvalue weighted by atomic mass is 32.2. The Labute approximate surface area is 179 Å². The highest BCUT2D eigenvalue weighted by Crippen LogP contribution is 2.26. The highest BCUT2D eigenvalue weighted by Gasteiger charge is 2.32. The minimum absolute atomic E-state index is 0.0731. The van der Waals surface area contributed by atoms with Crippen molar-refractivity contribution in [2.75, 3.05) is 26.2 Å². The molecule has 0 atom stereocenters. The molecule has 1 aliphatic carbocycles. The number of amides is 1. The molecule has 0 aromatic rings.